The third kappa shape index (κ3) is 3.54. The predicted octanol–water partition coefficient (Wildman–Crippen LogP) is 1.30. The molecule has 4 nitrogen and oxygen atoms in total. The summed E-state index contributed by atoms with van der Waals surface area (Å²) >= 11 is 0. The molecule has 0 spiro atoms. The average Bonchev–Trinajstić information content (AvgIpc) is 3.06. The Kier molecular flexibility index (Phi) is 4.18. The molecule has 1 fully saturated rings. The van der Waals surface area contributed by atoms with Crippen LogP contribution in [-0.4, -0.2) is 40.4 Å². The molecule has 1 aliphatic rings. The summed E-state index contributed by atoms with van der Waals surface area (Å²) in [5, 5.41) is 7.85. The van der Waals surface area contributed by atoms with Gasteiger partial charge in [0.15, 0.2) is 0 Å². The van der Waals surface area contributed by atoms with E-state index in [9.17, 15) is 0 Å². The van der Waals surface area contributed by atoms with Crippen molar-refractivity contribution < 1.29 is 0 Å². The van der Waals surface area contributed by atoms with E-state index < -0.39 is 0 Å². The zero-order valence-electron chi connectivity index (χ0n) is 11.2. The van der Waals surface area contributed by atoms with Crippen molar-refractivity contribution in [2.24, 2.45) is 7.05 Å². The first kappa shape index (κ1) is 12.6. The molecule has 1 aromatic rings. The standard InChI is InChI=1S/C13H24N4/c1-4-17(12-5-6-12)8-7-14-10-13-9-11(2)15-16(13)3/h9,12,14H,4-8,10H2,1-3H3. The number of rotatable bonds is 7. The summed E-state index contributed by atoms with van der Waals surface area (Å²) in [4.78, 5) is 2.57. The third-order valence-electron chi connectivity index (χ3n) is 3.45. The van der Waals surface area contributed by atoms with E-state index in [4.69, 9.17) is 0 Å². The van der Waals surface area contributed by atoms with Crippen LogP contribution < -0.4 is 5.32 Å². The van der Waals surface area contributed by atoms with Gasteiger partial charge in [-0.3, -0.25) is 9.58 Å². The zero-order valence-corrected chi connectivity index (χ0v) is 11.2. The summed E-state index contributed by atoms with van der Waals surface area (Å²) < 4.78 is 1.96. The Balaban J connectivity index is 1.67. The van der Waals surface area contributed by atoms with Crippen LogP contribution in [0.2, 0.25) is 0 Å². The van der Waals surface area contributed by atoms with E-state index in [1.165, 1.54) is 25.1 Å². The van der Waals surface area contributed by atoms with Gasteiger partial charge in [-0.05, 0) is 32.4 Å². The van der Waals surface area contributed by atoms with Crippen molar-refractivity contribution in [2.45, 2.75) is 39.3 Å². The van der Waals surface area contributed by atoms with Crippen molar-refractivity contribution in [1.82, 2.24) is 20.0 Å². The van der Waals surface area contributed by atoms with Crippen molar-refractivity contribution in [3.63, 3.8) is 0 Å². The van der Waals surface area contributed by atoms with Gasteiger partial charge < -0.3 is 5.32 Å². The van der Waals surface area contributed by atoms with Crippen LogP contribution in [0.15, 0.2) is 6.07 Å². The van der Waals surface area contributed by atoms with E-state index in [0.717, 1.165) is 31.4 Å². The molecule has 1 N–H and O–H groups in total. The van der Waals surface area contributed by atoms with E-state index in [1.54, 1.807) is 0 Å². The normalized spacial score (nSPS) is 15.8. The van der Waals surface area contributed by atoms with Gasteiger partial charge >= 0.3 is 0 Å². The number of nitrogens with zero attached hydrogens (tertiary/aromatic N) is 3. The Bertz CT molecular complexity index is 354. The van der Waals surface area contributed by atoms with Crippen molar-refractivity contribution in [3.8, 4) is 0 Å². The van der Waals surface area contributed by atoms with Crippen LogP contribution >= 0.6 is 0 Å². The molecule has 2 rings (SSSR count). The first-order chi connectivity index (χ1) is 8.20. The van der Waals surface area contributed by atoms with Gasteiger partial charge in [0.25, 0.3) is 0 Å². The topological polar surface area (TPSA) is 33.1 Å². The van der Waals surface area contributed by atoms with Gasteiger partial charge in [0.1, 0.15) is 0 Å². The highest BCUT2D eigenvalue weighted by Crippen LogP contribution is 2.25. The largest absolute Gasteiger partial charge is 0.310 e. The predicted molar refractivity (Wildman–Crippen MR) is 69.9 cm³/mol. The maximum Gasteiger partial charge on any atom is 0.0597 e. The summed E-state index contributed by atoms with van der Waals surface area (Å²) in [5.41, 5.74) is 2.36. The fourth-order valence-corrected chi connectivity index (χ4v) is 2.31. The van der Waals surface area contributed by atoms with Crippen molar-refractivity contribution in [3.05, 3.63) is 17.5 Å². The highest BCUT2D eigenvalue weighted by molar-refractivity contribution is 5.08. The molecule has 1 saturated carbocycles. The van der Waals surface area contributed by atoms with Gasteiger partial charge in [0.05, 0.1) is 11.4 Å². The third-order valence-corrected chi connectivity index (χ3v) is 3.45. The van der Waals surface area contributed by atoms with Gasteiger partial charge in [-0.15, -0.1) is 0 Å². The molecule has 96 valence electrons. The summed E-state index contributed by atoms with van der Waals surface area (Å²) in [6, 6.07) is 3.02. The first-order valence-corrected chi connectivity index (χ1v) is 6.65. The van der Waals surface area contributed by atoms with Crippen molar-refractivity contribution in [1.29, 1.82) is 0 Å². The summed E-state index contributed by atoms with van der Waals surface area (Å²) in [7, 11) is 2.01. The van der Waals surface area contributed by atoms with E-state index in [-0.39, 0.29) is 0 Å². The molecule has 0 amide bonds. The maximum absolute atomic E-state index is 4.35. The molecule has 0 atom stereocenters. The van der Waals surface area contributed by atoms with E-state index in [2.05, 4.69) is 28.3 Å². The number of nitrogens with one attached hydrogen (secondary N) is 1. The molecule has 0 saturated heterocycles. The Hall–Kier alpha value is -0.870. The molecule has 4 heteroatoms. The van der Waals surface area contributed by atoms with Gasteiger partial charge in [-0.2, -0.15) is 5.10 Å². The Morgan fingerprint density at radius 2 is 2.29 bits per heavy atom. The lowest BCUT2D eigenvalue weighted by Crippen LogP contribution is -2.33. The highest BCUT2D eigenvalue weighted by atomic mass is 15.3. The number of aryl methyl sites for hydroxylation is 2. The quantitative estimate of drug-likeness (QED) is 0.725. The SMILES string of the molecule is CCN(CCNCc1cc(C)nn1C)C1CC1. The van der Waals surface area contributed by atoms with Crippen molar-refractivity contribution >= 4 is 0 Å². The Morgan fingerprint density at radius 1 is 1.53 bits per heavy atom. The molecule has 0 aliphatic heterocycles. The molecule has 0 radical (unpaired) electrons. The summed E-state index contributed by atoms with van der Waals surface area (Å²) in [5.74, 6) is 0. The first-order valence-electron chi connectivity index (χ1n) is 6.65. The number of hydrogen-bond donors (Lipinski definition) is 1. The molecular weight excluding hydrogens is 212 g/mol. The van der Waals surface area contributed by atoms with Crippen molar-refractivity contribution in [2.75, 3.05) is 19.6 Å². The second-order valence-corrected chi connectivity index (χ2v) is 4.94. The lowest BCUT2D eigenvalue weighted by atomic mass is 10.3. The number of aromatic nitrogens is 2. The fourth-order valence-electron chi connectivity index (χ4n) is 2.31. The smallest absolute Gasteiger partial charge is 0.0597 e. The molecule has 0 unspecified atom stereocenters. The van der Waals surface area contributed by atoms with Gasteiger partial charge in [0, 0.05) is 32.7 Å². The number of hydrogen-bond acceptors (Lipinski definition) is 3. The van der Waals surface area contributed by atoms with Crippen LogP contribution in [0.1, 0.15) is 31.2 Å². The van der Waals surface area contributed by atoms with Crippen LogP contribution in [0, 0.1) is 6.92 Å². The Labute approximate surface area is 104 Å². The maximum atomic E-state index is 4.35. The summed E-state index contributed by atoms with van der Waals surface area (Å²) in [6.07, 6.45) is 2.80. The second kappa shape index (κ2) is 5.65. The number of likely N-dealkylation sites (N-methyl/N-ethyl adjacent to an activating group) is 1. The van der Waals surface area contributed by atoms with Crippen LogP contribution in [-0.2, 0) is 13.6 Å². The van der Waals surface area contributed by atoms with Crippen LogP contribution in [0.5, 0.6) is 0 Å². The minimum Gasteiger partial charge on any atom is -0.310 e. The molecule has 1 aliphatic carbocycles. The van der Waals surface area contributed by atoms with E-state index in [1.807, 2.05) is 18.7 Å². The van der Waals surface area contributed by atoms with Crippen LogP contribution in [0.4, 0.5) is 0 Å². The highest BCUT2D eigenvalue weighted by Gasteiger charge is 2.26. The minimum atomic E-state index is 0.876. The summed E-state index contributed by atoms with van der Waals surface area (Å²) in [6.45, 7) is 8.61. The Morgan fingerprint density at radius 3 is 2.82 bits per heavy atom. The average molecular weight is 236 g/mol. The van der Waals surface area contributed by atoms with E-state index >= 15 is 0 Å². The zero-order chi connectivity index (χ0) is 12.3. The molecule has 0 aromatic carbocycles. The lowest BCUT2D eigenvalue weighted by Gasteiger charge is -2.19. The fraction of sp³-hybridized carbons (Fsp3) is 0.769. The van der Waals surface area contributed by atoms with Crippen LogP contribution in [0.3, 0.4) is 0 Å². The molecule has 17 heavy (non-hydrogen) atoms. The molecule has 1 aromatic heterocycles. The van der Waals surface area contributed by atoms with Gasteiger partial charge in [0.2, 0.25) is 0 Å². The monoisotopic (exact) mass is 236 g/mol. The van der Waals surface area contributed by atoms with E-state index in [0.29, 0.717) is 0 Å². The molecule has 1 heterocycles. The second-order valence-electron chi connectivity index (χ2n) is 4.94. The molecule has 0 bridgehead atoms. The lowest BCUT2D eigenvalue weighted by molar-refractivity contribution is 0.276. The van der Waals surface area contributed by atoms with Gasteiger partial charge in [-0.1, -0.05) is 6.92 Å². The van der Waals surface area contributed by atoms with Gasteiger partial charge in [-0.25, -0.2) is 0 Å². The molecular formula is C13H24N4. The van der Waals surface area contributed by atoms with Crippen LogP contribution in [0.25, 0.3) is 0 Å². The minimum absolute atomic E-state index is 0.876.